The second kappa shape index (κ2) is 7.45. The Labute approximate surface area is 132 Å². The molecule has 2 aromatic rings. The fourth-order valence-electron chi connectivity index (χ4n) is 1.78. The summed E-state index contributed by atoms with van der Waals surface area (Å²) in [6, 6.07) is 10.8. The van der Waals surface area contributed by atoms with Crippen molar-refractivity contribution in [2.75, 3.05) is 13.7 Å². The number of aliphatic hydroxyl groups excluding tert-OH is 1. The van der Waals surface area contributed by atoms with E-state index in [1.807, 2.05) is 18.2 Å². The van der Waals surface area contributed by atoms with Crippen molar-refractivity contribution in [1.82, 2.24) is 4.90 Å². The summed E-state index contributed by atoms with van der Waals surface area (Å²) in [5, 5.41) is 9.20. The lowest BCUT2D eigenvalue weighted by molar-refractivity contribution is -0.132. The quantitative estimate of drug-likeness (QED) is 0.888. The first-order valence-corrected chi connectivity index (χ1v) is 7.59. The summed E-state index contributed by atoms with van der Waals surface area (Å²) < 4.78 is 6.19. The fraction of sp³-hybridized carbons (Fsp3) is 0.267. The molecule has 21 heavy (non-hydrogen) atoms. The Morgan fingerprint density at radius 3 is 2.76 bits per heavy atom. The summed E-state index contributed by atoms with van der Waals surface area (Å²) in [6.07, 6.45) is 0. The van der Waals surface area contributed by atoms with Crippen LogP contribution in [0.15, 0.2) is 36.4 Å². The molecule has 0 unspecified atom stereocenters. The third-order valence-corrected chi connectivity index (χ3v) is 4.16. The molecule has 0 spiro atoms. The van der Waals surface area contributed by atoms with Crippen molar-refractivity contribution >= 4 is 28.8 Å². The molecule has 0 saturated carbocycles. The van der Waals surface area contributed by atoms with Gasteiger partial charge in [-0.05, 0) is 18.2 Å². The molecule has 0 atom stereocenters. The number of carbonyl (C=O) groups excluding carboxylic acids is 1. The number of benzene rings is 1. The minimum Gasteiger partial charge on any atom is -0.483 e. The van der Waals surface area contributed by atoms with E-state index < -0.39 is 0 Å². The third kappa shape index (κ3) is 4.46. The number of carbonyl (C=O) groups is 1. The van der Waals surface area contributed by atoms with E-state index in [9.17, 15) is 9.90 Å². The molecule has 0 saturated heterocycles. The van der Waals surface area contributed by atoms with Gasteiger partial charge < -0.3 is 14.7 Å². The largest absolute Gasteiger partial charge is 0.483 e. The van der Waals surface area contributed by atoms with Gasteiger partial charge in [-0.15, -0.1) is 11.3 Å². The Bertz CT molecular complexity index is 614. The molecular formula is C15H16ClNO3S. The summed E-state index contributed by atoms with van der Waals surface area (Å²) in [6.45, 7) is 0.321. The van der Waals surface area contributed by atoms with Crippen LogP contribution in [-0.2, 0) is 17.9 Å². The number of ether oxygens (including phenoxy) is 1. The molecule has 1 N–H and O–H groups in total. The van der Waals surface area contributed by atoms with Crippen LogP contribution in [-0.4, -0.2) is 29.6 Å². The monoisotopic (exact) mass is 325 g/mol. The molecule has 0 radical (unpaired) electrons. The minimum absolute atomic E-state index is 0.0629. The van der Waals surface area contributed by atoms with E-state index in [4.69, 9.17) is 16.3 Å². The molecule has 0 fully saturated rings. The van der Waals surface area contributed by atoms with Gasteiger partial charge in [-0.25, -0.2) is 0 Å². The zero-order valence-corrected chi connectivity index (χ0v) is 13.2. The molecule has 1 heterocycles. The lowest BCUT2D eigenvalue weighted by Crippen LogP contribution is -2.30. The van der Waals surface area contributed by atoms with Crippen molar-refractivity contribution in [3.05, 3.63) is 51.2 Å². The van der Waals surface area contributed by atoms with Gasteiger partial charge in [0.25, 0.3) is 5.91 Å². The van der Waals surface area contributed by atoms with Crippen LogP contribution >= 0.6 is 22.9 Å². The number of hydrogen-bond acceptors (Lipinski definition) is 4. The highest BCUT2D eigenvalue weighted by Crippen LogP contribution is 2.22. The number of hydrogen-bond donors (Lipinski definition) is 1. The van der Waals surface area contributed by atoms with Crippen LogP contribution in [0.25, 0.3) is 0 Å². The molecule has 4 nitrogen and oxygen atoms in total. The Balaban J connectivity index is 1.89. The summed E-state index contributed by atoms with van der Waals surface area (Å²) >= 11 is 7.32. The number of rotatable bonds is 6. The third-order valence-electron chi connectivity index (χ3n) is 2.94. The maximum absolute atomic E-state index is 12.0. The van der Waals surface area contributed by atoms with Gasteiger partial charge in [-0.2, -0.15) is 0 Å². The summed E-state index contributed by atoms with van der Waals surface area (Å²) in [4.78, 5) is 14.6. The van der Waals surface area contributed by atoms with Gasteiger partial charge in [0.15, 0.2) is 6.61 Å². The number of thiophene rings is 1. The topological polar surface area (TPSA) is 49.8 Å². The zero-order valence-electron chi connectivity index (χ0n) is 11.6. The molecular weight excluding hydrogens is 310 g/mol. The predicted molar refractivity (Wildman–Crippen MR) is 83.7 cm³/mol. The summed E-state index contributed by atoms with van der Waals surface area (Å²) in [5.41, 5.74) is 0.665. The highest BCUT2D eigenvalue weighted by molar-refractivity contribution is 7.16. The van der Waals surface area contributed by atoms with Gasteiger partial charge in [0.05, 0.1) is 17.5 Å². The number of likely N-dealkylation sites (N-methyl/N-ethyl adjacent to an activating group) is 1. The number of halogens is 1. The van der Waals surface area contributed by atoms with Crippen molar-refractivity contribution in [3.8, 4) is 5.75 Å². The van der Waals surface area contributed by atoms with E-state index in [1.54, 1.807) is 30.1 Å². The number of nitrogens with zero attached hydrogens (tertiary/aromatic N) is 1. The lowest BCUT2D eigenvalue weighted by Gasteiger charge is -2.17. The fourth-order valence-corrected chi connectivity index (χ4v) is 2.92. The van der Waals surface area contributed by atoms with Crippen molar-refractivity contribution in [2.24, 2.45) is 0 Å². The average Bonchev–Trinajstić information content (AvgIpc) is 2.90. The van der Waals surface area contributed by atoms with E-state index in [0.717, 1.165) is 4.88 Å². The van der Waals surface area contributed by atoms with Crippen LogP contribution in [0.2, 0.25) is 4.34 Å². The van der Waals surface area contributed by atoms with E-state index in [0.29, 0.717) is 22.2 Å². The minimum atomic E-state index is -0.132. The van der Waals surface area contributed by atoms with Crippen molar-refractivity contribution < 1.29 is 14.6 Å². The van der Waals surface area contributed by atoms with Crippen molar-refractivity contribution in [1.29, 1.82) is 0 Å². The van der Waals surface area contributed by atoms with Gasteiger partial charge in [0.2, 0.25) is 0 Å². The molecule has 2 rings (SSSR count). The number of para-hydroxylation sites is 1. The Kier molecular flexibility index (Phi) is 5.61. The van der Waals surface area contributed by atoms with Gasteiger partial charge in [-0.3, -0.25) is 4.79 Å². The summed E-state index contributed by atoms with van der Waals surface area (Å²) in [7, 11) is 1.72. The van der Waals surface area contributed by atoms with Crippen LogP contribution in [0.3, 0.4) is 0 Å². The SMILES string of the molecule is CN(Cc1ccc(Cl)s1)C(=O)COc1ccccc1CO. The Hall–Kier alpha value is -1.56. The zero-order chi connectivity index (χ0) is 15.2. The molecule has 0 aliphatic heterocycles. The second-order valence-corrected chi connectivity index (χ2v) is 6.31. The van der Waals surface area contributed by atoms with Gasteiger partial charge >= 0.3 is 0 Å². The average molecular weight is 326 g/mol. The Morgan fingerprint density at radius 1 is 1.33 bits per heavy atom. The first-order valence-electron chi connectivity index (χ1n) is 6.40. The molecule has 0 aliphatic carbocycles. The van der Waals surface area contributed by atoms with Crippen molar-refractivity contribution in [3.63, 3.8) is 0 Å². The van der Waals surface area contributed by atoms with Crippen LogP contribution < -0.4 is 4.74 Å². The first kappa shape index (κ1) is 15.8. The van der Waals surface area contributed by atoms with E-state index in [1.165, 1.54) is 11.3 Å². The predicted octanol–water partition coefficient (Wildman–Crippen LogP) is 2.93. The maximum Gasteiger partial charge on any atom is 0.260 e. The van der Waals surface area contributed by atoms with E-state index in [-0.39, 0.29) is 19.1 Å². The number of aliphatic hydroxyl groups is 1. The van der Waals surface area contributed by atoms with Crippen LogP contribution in [0.4, 0.5) is 0 Å². The second-order valence-electron chi connectivity index (χ2n) is 4.51. The molecule has 1 amide bonds. The Morgan fingerprint density at radius 2 is 2.10 bits per heavy atom. The summed E-state index contributed by atoms with van der Waals surface area (Å²) in [5.74, 6) is 0.396. The van der Waals surface area contributed by atoms with Crippen molar-refractivity contribution in [2.45, 2.75) is 13.2 Å². The normalized spacial score (nSPS) is 10.4. The molecule has 0 aliphatic rings. The molecule has 1 aromatic heterocycles. The smallest absolute Gasteiger partial charge is 0.260 e. The van der Waals surface area contributed by atoms with Crippen LogP contribution in [0.1, 0.15) is 10.4 Å². The maximum atomic E-state index is 12.0. The highest BCUT2D eigenvalue weighted by atomic mass is 35.5. The van der Waals surface area contributed by atoms with E-state index in [2.05, 4.69) is 0 Å². The van der Waals surface area contributed by atoms with E-state index >= 15 is 0 Å². The van der Waals surface area contributed by atoms with Gasteiger partial charge in [0, 0.05) is 17.5 Å². The lowest BCUT2D eigenvalue weighted by atomic mass is 10.2. The molecule has 1 aromatic carbocycles. The van der Waals surface area contributed by atoms with Crippen LogP contribution in [0.5, 0.6) is 5.75 Å². The first-order chi connectivity index (χ1) is 10.1. The standard InChI is InChI=1S/C15H16ClNO3S/c1-17(8-12-6-7-14(16)21-12)15(19)10-20-13-5-3-2-4-11(13)9-18/h2-7,18H,8-10H2,1H3. The van der Waals surface area contributed by atoms with Gasteiger partial charge in [0.1, 0.15) is 5.75 Å². The number of amides is 1. The van der Waals surface area contributed by atoms with Crippen LogP contribution in [0, 0.1) is 0 Å². The molecule has 112 valence electrons. The highest BCUT2D eigenvalue weighted by Gasteiger charge is 2.12. The van der Waals surface area contributed by atoms with Gasteiger partial charge in [-0.1, -0.05) is 29.8 Å². The molecule has 6 heteroatoms. The molecule has 0 bridgehead atoms.